The van der Waals surface area contributed by atoms with Crippen LogP contribution >= 0.6 is 11.8 Å². The van der Waals surface area contributed by atoms with Crippen molar-refractivity contribution in [2.24, 2.45) is 10.9 Å². The van der Waals surface area contributed by atoms with E-state index in [-0.39, 0.29) is 17.6 Å². The zero-order valence-electron chi connectivity index (χ0n) is 14.6. The molecule has 2 heterocycles. The third kappa shape index (κ3) is 3.69. The van der Waals surface area contributed by atoms with Gasteiger partial charge in [0.25, 0.3) is 0 Å². The number of hydrogen-bond donors (Lipinski definition) is 2. The van der Waals surface area contributed by atoms with Crippen LogP contribution in [-0.4, -0.2) is 75.3 Å². The van der Waals surface area contributed by atoms with Crippen molar-refractivity contribution >= 4 is 30.0 Å². The molecule has 1 amide bonds. The number of amides is 1. The average molecular weight is 367 g/mol. The van der Waals surface area contributed by atoms with Crippen molar-refractivity contribution in [3.63, 3.8) is 0 Å². The second kappa shape index (κ2) is 7.37. The van der Waals surface area contributed by atoms with Crippen LogP contribution in [0.2, 0.25) is 0 Å². The normalized spacial score (nSPS) is 26.8. The molecule has 1 saturated heterocycles. The number of β-lactam (4-membered cyclic amide) rings is 1. The molecule has 0 spiro atoms. The Morgan fingerprint density at radius 3 is 2.80 bits per heavy atom. The summed E-state index contributed by atoms with van der Waals surface area (Å²) in [7, 11) is 0. The Hall–Kier alpha value is -1.54. The molecule has 1 saturated carbocycles. The molecule has 3 aliphatic rings. The highest BCUT2D eigenvalue weighted by molar-refractivity contribution is 8.03. The summed E-state index contributed by atoms with van der Waals surface area (Å²) in [5.41, 5.74) is 0.103. The SMILES string of the molecule is CCN(C=NC1CC1)CCSC1=C(C(=O)O)N2C(=O)[C@H]([C@@H](C)O)[C@H]2C1. The lowest BCUT2D eigenvalue weighted by Gasteiger charge is -2.44. The van der Waals surface area contributed by atoms with Crippen molar-refractivity contribution in [2.45, 2.75) is 51.3 Å². The minimum Gasteiger partial charge on any atom is -0.477 e. The Labute approximate surface area is 151 Å². The molecule has 3 rings (SSSR count). The number of carboxylic acids is 1. The summed E-state index contributed by atoms with van der Waals surface area (Å²) in [6.07, 6.45) is 4.03. The topological polar surface area (TPSA) is 93.4 Å². The van der Waals surface area contributed by atoms with Crippen molar-refractivity contribution in [2.75, 3.05) is 18.8 Å². The Bertz CT molecular complexity index is 615. The lowest BCUT2D eigenvalue weighted by atomic mass is 9.83. The van der Waals surface area contributed by atoms with Crippen LogP contribution in [0.1, 0.15) is 33.1 Å². The van der Waals surface area contributed by atoms with Crippen molar-refractivity contribution in [1.82, 2.24) is 9.80 Å². The highest BCUT2D eigenvalue weighted by Crippen LogP contribution is 2.46. The third-order valence-electron chi connectivity index (χ3n) is 4.94. The van der Waals surface area contributed by atoms with Gasteiger partial charge in [-0.25, -0.2) is 4.79 Å². The highest BCUT2D eigenvalue weighted by atomic mass is 32.2. The van der Waals surface area contributed by atoms with Gasteiger partial charge in [-0.1, -0.05) is 0 Å². The monoisotopic (exact) mass is 367 g/mol. The molecule has 2 aliphatic heterocycles. The first kappa shape index (κ1) is 18.3. The van der Waals surface area contributed by atoms with Crippen LogP contribution < -0.4 is 0 Å². The second-order valence-electron chi connectivity index (χ2n) is 6.80. The maximum atomic E-state index is 12.2. The van der Waals surface area contributed by atoms with E-state index in [0.717, 1.165) is 23.7 Å². The minimum absolute atomic E-state index is 0.103. The van der Waals surface area contributed by atoms with Gasteiger partial charge >= 0.3 is 5.97 Å². The molecule has 0 aromatic heterocycles. The van der Waals surface area contributed by atoms with Crippen LogP contribution in [0.15, 0.2) is 15.6 Å². The van der Waals surface area contributed by atoms with Gasteiger partial charge in [-0.3, -0.25) is 9.79 Å². The van der Waals surface area contributed by atoms with Gasteiger partial charge in [0.15, 0.2) is 0 Å². The van der Waals surface area contributed by atoms with Crippen LogP contribution in [0.25, 0.3) is 0 Å². The fourth-order valence-electron chi connectivity index (χ4n) is 3.36. The fourth-order valence-corrected chi connectivity index (χ4v) is 4.54. The number of carboxylic acid groups (broad SMARTS) is 1. The minimum atomic E-state index is -1.06. The molecule has 0 radical (unpaired) electrons. The van der Waals surface area contributed by atoms with Gasteiger partial charge in [0.2, 0.25) is 5.91 Å². The summed E-state index contributed by atoms with van der Waals surface area (Å²) < 4.78 is 0. The number of aliphatic carboxylic acids is 1. The summed E-state index contributed by atoms with van der Waals surface area (Å²) in [5, 5.41) is 19.2. The fraction of sp³-hybridized carbons (Fsp3) is 0.706. The zero-order valence-corrected chi connectivity index (χ0v) is 15.4. The molecule has 3 atom stereocenters. The smallest absolute Gasteiger partial charge is 0.353 e. The van der Waals surface area contributed by atoms with Gasteiger partial charge in [-0.15, -0.1) is 11.8 Å². The van der Waals surface area contributed by atoms with Gasteiger partial charge in [-0.2, -0.15) is 0 Å². The van der Waals surface area contributed by atoms with E-state index < -0.39 is 18.0 Å². The molecule has 2 fully saturated rings. The molecular formula is C17H25N3O4S. The molecular weight excluding hydrogens is 342 g/mol. The quantitative estimate of drug-likeness (QED) is 0.361. The molecule has 8 heteroatoms. The highest BCUT2D eigenvalue weighted by Gasteiger charge is 2.56. The van der Waals surface area contributed by atoms with Crippen molar-refractivity contribution < 1.29 is 19.8 Å². The Morgan fingerprint density at radius 2 is 2.24 bits per heavy atom. The van der Waals surface area contributed by atoms with E-state index >= 15 is 0 Å². The Balaban J connectivity index is 1.59. The van der Waals surface area contributed by atoms with E-state index in [1.54, 1.807) is 6.92 Å². The van der Waals surface area contributed by atoms with Crippen molar-refractivity contribution in [3.8, 4) is 0 Å². The number of fused-ring (bicyclic) bond motifs is 1. The summed E-state index contributed by atoms with van der Waals surface area (Å²) in [6, 6.07) is 0.282. The molecule has 1 aliphatic carbocycles. The Kier molecular flexibility index (Phi) is 5.38. The van der Waals surface area contributed by atoms with E-state index in [0.29, 0.717) is 12.5 Å². The number of aliphatic imine (C=N–C) groups is 1. The summed E-state index contributed by atoms with van der Waals surface area (Å²) >= 11 is 1.50. The predicted octanol–water partition coefficient (Wildman–Crippen LogP) is 1.14. The van der Waals surface area contributed by atoms with E-state index in [9.17, 15) is 19.8 Å². The van der Waals surface area contributed by atoms with Crippen LogP contribution in [0, 0.1) is 5.92 Å². The van der Waals surface area contributed by atoms with E-state index in [1.807, 2.05) is 6.34 Å². The molecule has 0 aromatic rings. The molecule has 0 unspecified atom stereocenters. The van der Waals surface area contributed by atoms with Crippen LogP contribution in [-0.2, 0) is 9.59 Å². The van der Waals surface area contributed by atoms with Crippen molar-refractivity contribution in [3.05, 3.63) is 10.6 Å². The number of carbonyl (C=O) groups excluding carboxylic acids is 1. The van der Waals surface area contributed by atoms with Gasteiger partial charge in [-0.05, 0) is 26.7 Å². The first-order valence-electron chi connectivity index (χ1n) is 8.81. The summed E-state index contributed by atoms with van der Waals surface area (Å²) in [6.45, 7) is 5.30. The number of thioether (sulfide) groups is 1. The molecule has 2 N–H and O–H groups in total. The van der Waals surface area contributed by atoms with Crippen LogP contribution in [0.5, 0.6) is 0 Å². The number of carbonyl (C=O) groups is 2. The third-order valence-corrected chi connectivity index (χ3v) is 6.03. The Morgan fingerprint density at radius 1 is 1.52 bits per heavy atom. The van der Waals surface area contributed by atoms with Crippen molar-refractivity contribution in [1.29, 1.82) is 0 Å². The van der Waals surface area contributed by atoms with Crippen LogP contribution in [0.3, 0.4) is 0 Å². The number of aliphatic hydroxyl groups excluding tert-OH is 1. The van der Waals surface area contributed by atoms with Gasteiger partial charge in [0.1, 0.15) is 5.70 Å². The number of rotatable bonds is 9. The first-order valence-corrected chi connectivity index (χ1v) is 9.80. The number of hydrogen-bond acceptors (Lipinski definition) is 5. The number of nitrogens with zero attached hydrogens (tertiary/aromatic N) is 3. The van der Waals surface area contributed by atoms with E-state index in [1.165, 1.54) is 29.5 Å². The zero-order chi connectivity index (χ0) is 18.1. The lowest BCUT2D eigenvalue weighted by Crippen LogP contribution is -2.61. The van der Waals surface area contributed by atoms with E-state index in [4.69, 9.17) is 0 Å². The second-order valence-corrected chi connectivity index (χ2v) is 7.99. The van der Waals surface area contributed by atoms with Gasteiger partial charge < -0.3 is 20.0 Å². The maximum Gasteiger partial charge on any atom is 0.353 e. The van der Waals surface area contributed by atoms with E-state index in [2.05, 4.69) is 16.8 Å². The summed E-state index contributed by atoms with van der Waals surface area (Å²) in [5.74, 6) is -1.08. The number of aliphatic hydroxyl groups is 1. The lowest BCUT2D eigenvalue weighted by molar-refractivity contribution is -0.161. The average Bonchev–Trinajstić information content (AvgIpc) is 3.31. The predicted molar refractivity (Wildman–Crippen MR) is 96.3 cm³/mol. The summed E-state index contributed by atoms with van der Waals surface area (Å²) in [4.78, 5) is 32.5. The molecule has 138 valence electrons. The first-order chi connectivity index (χ1) is 11.9. The molecule has 0 aromatic carbocycles. The standard InChI is InChI=1S/C17H25N3O4S/c1-3-19(9-18-11-4-5-11)6-7-25-13-8-12-14(10(2)21)16(22)20(12)15(13)17(23)24/h9-12,14,21H,3-8H2,1-2H3,(H,23,24)/t10-,12-,14-/m1/s1. The maximum absolute atomic E-state index is 12.2. The van der Waals surface area contributed by atoms with Crippen LogP contribution in [0.4, 0.5) is 0 Å². The largest absolute Gasteiger partial charge is 0.477 e. The molecule has 7 nitrogen and oxygen atoms in total. The molecule has 25 heavy (non-hydrogen) atoms. The van der Waals surface area contributed by atoms with Gasteiger partial charge in [0, 0.05) is 30.2 Å². The molecule has 0 bridgehead atoms. The van der Waals surface area contributed by atoms with Gasteiger partial charge in [0.05, 0.1) is 30.4 Å².